The van der Waals surface area contributed by atoms with Crippen LogP contribution >= 0.6 is 0 Å². The van der Waals surface area contributed by atoms with Crippen molar-refractivity contribution in [3.05, 3.63) is 69.8 Å². The second-order valence-electron chi connectivity index (χ2n) is 8.83. The van der Waals surface area contributed by atoms with Gasteiger partial charge in [0.1, 0.15) is 0 Å². The Labute approximate surface area is 190 Å². The molecule has 1 aromatic carbocycles. The van der Waals surface area contributed by atoms with Crippen LogP contribution in [0.15, 0.2) is 30.3 Å². The van der Waals surface area contributed by atoms with Crippen molar-refractivity contribution in [3.63, 3.8) is 0 Å². The van der Waals surface area contributed by atoms with Crippen LogP contribution in [0.2, 0.25) is 0 Å². The number of rotatable bonds is 5. The highest BCUT2D eigenvalue weighted by Gasteiger charge is 2.24. The first kappa shape index (κ1) is 22.1. The molecule has 1 amide bonds. The minimum atomic E-state index is 0.160. The highest BCUT2D eigenvalue weighted by molar-refractivity contribution is 5.79. The van der Waals surface area contributed by atoms with Gasteiger partial charge in [0.2, 0.25) is 5.91 Å². The Bertz CT molecular complexity index is 1110. The first-order chi connectivity index (χ1) is 15.3. The molecule has 7 heteroatoms. The smallest absolute Gasteiger partial charge is 0.251 e. The SMILES string of the molecule is Cc1cccc(CN2CCN(C(=O)Cc3c(C)nn(-c4nc(C)cc(C)n4)c3C)CC2)c1. The molecule has 168 valence electrons. The van der Waals surface area contributed by atoms with E-state index in [-0.39, 0.29) is 5.91 Å². The summed E-state index contributed by atoms with van der Waals surface area (Å²) >= 11 is 0. The van der Waals surface area contributed by atoms with Gasteiger partial charge in [-0.1, -0.05) is 29.8 Å². The number of piperazine rings is 1. The molecule has 3 heterocycles. The number of aromatic nitrogens is 4. The lowest BCUT2D eigenvalue weighted by Crippen LogP contribution is -2.48. The summed E-state index contributed by atoms with van der Waals surface area (Å²) in [6.07, 6.45) is 0.361. The number of hydrogen-bond acceptors (Lipinski definition) is 5. The summed E-state index contributed by atoms with van der Waals surface area (Å²) in [7, 11) is 0. The zero-order valence-corrected chi connectivity index (χ0v) is 19.7. The fraction of sp³-hybridized carbons (Fsp3) is 0.440. The van der Waals surface area contributed by atoms with E-state index in [0.29, 0.717) is 12.4 Å². The Morgan fingerprint density at radius 2 is 1.62 bits per heavy atom. The quantitative estimate of drug-likeness (QED) is 0.620. The molecule has 3 aromatic rings. The molecule has 0 N–H and O–H groups in total. The Kier molecular flexibility index (Phi) is 6.37. The van der Waals surface area contributed by atoms with Gasteiger partial charge in [-0.25, -0.2) is 14.6 Å². The fourth-order valence-corrected chi connectivity index (χ4v) is 4.41. The third kappa shape index (κ3) is 4.88. The van der Waals surface area contributed by atoms with Crippen molar-refractivity contribution in [1.82, 2.24) is 29.5 Å². The summed E-state index contributed by atoms with van der Waals surface area (Å²) in [5.74, 6) is 0.721. The van der Waals surface area contributed by atoms with Crippen LogP contribution in [0.1, 0.15) is 39.5 Å². The van der Waals surface area contributed by atoms with Gasteiger partial charge >= 0.3 is 0 Å². The van der Waals surface area contributed by atoms with Gasteiger partial charge in [-0.15, -0.1) is 0 Å². The van der Waals surface area contributed by atoms with Crippen LogP contribution in [0.3, 0.4) is 0 Å². The predicted octanol–water partition coefficient (Wildman–Crippen LogP) is 3.09. The van der Waals surface area contributed by atoms with Gasteiger partial charge in [0.15, 0.2) is 0 Å². The molecule has 0 atom stereocenters. The third-order valence-electron chi connectivity index (χ3n) is 6.14. The first-order valence-corrected chi connectivity index (χ1v) is 11.2. The summed E-state index contributed by atoms with van der Waals surface area (Å²) < 4.78 is 1.76. The minimum absolute atomic E-state index is 0.160. The molecule has 7 nitrogen and oxygen atoms in total. The minimum Gasteiger partial charge on any atom is -0.340 e. The van der Waals surface area contributed by atoms with Crippen LogP contribution in [-0.4, -0.2) is 61.6 Å². The van der Waals surface area contributed by atoms with Gasteiger partial charge in [0.25, 0.3) is 5.95 Å². The second-order valence-corrected chi connectivity index (χ2v) is 8.83. The number of hydrogen-bond donors (Lipinski definition) is 0. The molecule has 1 aliphatic heterocycles. The number of benzene rings is 1. The van der Waals surface area contributed by atoms with Crippen LogP contribution in [0, 0.1) is 34.6 Å². The number of amides is 1. The van der Waals surface area contributed by atoms with Gasteiger partial charge in [-0.05, 0) is 46.2 Å². The van der Waals surface area contributed by atoms with E-state index in [0.717, 1.165) is 61.1 Å². The molecule has 0 radical (unpaired) electrons. The molecule has 0 saturated carbocycles. The molecular formula is C25H32N6O. The van der Waals surface area contributed by atoms with Crippen molar-refractivity contribution in [2.45, 2.75) is 47.6 Å². The zero-order valence-electron chi connectivity index (χ0n) is 19.7. The van der Waals surface area contributed by atoms with Crippen molar-refractivity contribution < 1.29 is 4.79 Å². The maximum atomic E-state index is 13.1. The van der Waals surface area contributed by atoms with E-state index < -0.39 is 0 Å². The molecule has 1 fully saturated rings. The van der Waals surface area contributed by atoms with E-state index in [9.17, 15) is 4.79 Å². The molecule has 4 rings (SSSR count). The van der Waals surface area contributed by atoms with E-state index in [4.69, 9.17) is 0 Å². The molecule has 1 aliphatic rings. The lowest BCUT2D eigenvalue weighted by atomic mass is 10.1. The van der Waals surface area contributed by atoms with Crippen LogP contribution < -0.4 is 0 Å². The monoisotopic (exact) mass is 432 g/mol. The van der Waals surface area contributed by atoms with Crippen LogP contribution in [0.4, 0.5) is 0 Å². The molecule has 1 saturated heterocycles. The van der Waals surface area contributed by atoms with Crippen LogP contribution in [0.25, 0.3) is 5.95 Å². The highest BCUT2D eigenvalue weighted by Crippen LogP contribution is 2.19. The third-order valence-corrected chi connectivity index (χ3v) is 6.14. The van der Waals surface area contributed by atoms with Gasteiger partial charge in [-0.2, -0.15) is 5.10 Å². The Morgan fingerprint density at radius 1 is 0.938 bits per heavy atom. The maximum Gasteiger partial charge on any atom is 0.251 e. The zero-order chi connectivity index (χ0) is 22.8. The topological polar surface area (TPSA) is 67.2 Å². The number of aryl methyl sites for hydroxylation is 4. The van der Waals surface area contributed by atoms with Gasteiger partial charge in [0.05, 0.1) is 12.1 Å². The summed E-state index contributed by atoms with van der Waals surface area (Å²) in [5, 5.41) is 4.64. The largest absolute Gasteiger partial charge is 0.340 e. The van der Waals surface area contributed by atoms with E-state index in [2.05, 4.69) is 51.2 Å². The summed E-state index contributed by atoms with van der Waals surface area (Å²) in [5.41, 5.74) is 7.18. The van der Waals surface area contributed by atoms with E-state index in [1.165, 1.54) is 11.1 Å². The van der Waals surface area contributed by atoms with Gasteiger partial charge in [-0.3, -0.25) is 9.69 Å². The Morgan fingerprint density at radius 3 is 2.28 bits per heavy atom. The summed E-state index contributed by atoms with van der Waals surface area (Å²) in [6, 6.07) is 10.6. The highest BCUT2D eigenvalue weighted by atomic mass is 16.2. The lowest BCUT2D eigenvalue weighted by molar-refractivity contribution is -0.132. The lowest BCUT2D eigenvalue weighted by Gasteiger charge is -2.35. The molecular weight excluding hydrogens is 400 g/mol. The first-order valence-electron chi connectivity index (χ1n) is 11.2. The van der Waals surface area contributed by atoms with Crippen molar-refractivity contribution in [2.75, 3.05) is 26.2 Å². The molecule has 0 spiro atoms. The normalized spacial score (nSPS) is 14.7. The summed E-state index contributed by atoms with van der Waals surface area (Å²) in [6.45, 7) is 14.2. The van der Waals surface area contributed by atoms with Crippen LogP contribution in [0.5, 0.6) is 0 Å². The standard InChI is InChI=1S/C25H32N6O/c1-17-7-6-8-22(13-17)16-29-9-11-30(12-10-29)24(32)15-23-20(4)28-31(21(23)5)25-26-18(2)14-19(3)27-25/h6-8,13-14H,9-12,15-16H2,1-5H3. The maximum absolute atomic E-state index is 13.1. The number of nitrogens with zero attached hydrogens (tertiary/aromatic N) is 6. The van der Waals surface area contributed by atoms with Crippen LogP contribution in [-0.2, 0) is 17.8 Å². The van der Waals surface area contributed by atoms with Gasteiger partial charge < -0.3 is 4.90 Å². The number of carbonyl (C=O) groups excluding carboxylic acids is 1. The van der Waals surface area contributed by atoms with Crippen molar-refractivity contribution in [2.24, 2.45) is 0 Å². The van der Waals surface area contributed by atoms with Crippen molar-refractivity contribution in [3.8, 4) is 5.95 Å². The van der Waals surface area contributed by atoms with Gasteiger partial charge in [0, 0.05) is 55.4 Å². The Balaban J connectivity index is 1.40. The summed E-state index contributed by atoms with van der Waals surface area (Å²) in [4.78, 5) is 26.5. The van der Waals surface area contributed by atoms with E-state index >= 15 is 0 Å². The molecule has 0 aliphatic carbocycles. The molecule has 0 unspecified atom stereocenters. The molecule has 32 heavy (non-hydrogen) atoms. The predicted molar refractivity (Wildman–Crippen MR) is 125 cm³/mol. The Hall–Kier alpha value is -3.06. The van der Waals surface area contributed by atoms with E-state index in [1.54, 1.807) is 4.68 Å². The number of carbonyl (C=O) groups is 1. The average molecular weight is 433 g/mol. The molecule has 2 aromatic heterocycles. The van der Waals surface area contributed by atoms with Crippen molar-refractivity contribution in [1.29, 1.82) is 0 Å². The fourth-order valence-electron chi connectivity index (χ4n) is 4.41. The average Bonchev–Trinajstić information content (AvgIpc) is 3.02. The molecule has 0 bridgehead atoms. The van der Waals surface area contributed by atoms with Crippen molar-refractivity contribution >= 4 is 5.91 Å². The second kappa shape index (κ2) is 9.20. The van der Waals surface area contributed by atoms with E-state index in [1.807, 2.05) is 38.7 Å².